The lowest BCUT2D eigenvalue weighted by atomic mass is 9.75. The Kier molecular flexibility index (Phi) is 4.20. The monoisotopic (exact) mass is 297 g/mol. The number of nitrogens with zero attached hydrogens (tertiary/aromatic N) is 1. The number of halogens is 3. The summed E-state index contributed by atoms with van der Waals surface area (Å²) >= 11 is 0. The molecule has 4 nitrogen and oxygen atoms in total. The summed E-state index contributed by atoms with van der Waals surface area (Å²) in [4.78, 5) is 3.98. The van der Waals surface area contributed by atoms with Gasteiger partial charge in [0.1, 0.15) is 5.75 Å². The molecule has 110 valence electrons. The Morgan fingerprint density at radius 2 is 1.81 bits per heavy atom. The van der Waals surface area contributed by atoms with Crippen molar-refractivity contribution in [3.63, 3.8) is 0 Å². The van der Waals surface area contributed by atoms with Crippen LogP contribution in [0.3, 0.4) is 0 Å². The van der Waals surface area contributed by atoms with Gasteiger partial charge < -0.3 is 14.8 Å². The maximum Gasteiger partial charge on any atom is 0.573 e. The van der Waals surface area contributed by atoms with Gasteiger partial charge in [0.25, 0.3) is 0 Å². The number of para-hydroxylation sites is 1. The van der Waals surface area contributed by atoms with Gasteiger partial charge in [-0.3, -0.25) is 4.98 Å². The van der Waals surface area contributed by atoms with E-state index in [1.54, 1.807) is 6.92 Å². The standard InChI is InChI=1S/C13H11BF3NO3/c1-8-12(10(14(19)20)6-7-18-8)9-4-2-3-5-11(9)21-13(15,16)17/h2-7,19-20H,1H3. The van der Waals surface area contributed by atoms with Gasteiger partial charge in [-0.25, -0.2) is 0 Å². The van der Waals surface area contributed by atoms with Crippen molar-refractivity contribution in [1.29, 1.82) is 0 Å². The maximum atomic E-state index is 12.5. The van der Waals surface area contributed by atoms with E-state index in [1.807, 2.05) is 0 Å². The van der Waals surface area contributed by atoms with Crippen molar-refractivity contribution in [1.82, 2.24) is 4.98 Å². The van der Waals surface area contributed by atoms with E-state index in [2.05, 4.69) is 9.72 Å². The van der Waals surface area contributed by atoms with Gasteiger partial charge in [0, 0.05) is 23.0 Å². The summed E-state index contributed by atoms with van der Waals surface area (Å²) in [5.74, 6) is -0.428. The Balaban J connectivity index is 2.63. The second-order valence-electron chi connectivity index (χ2n) is 4.28. The number of hydrogen-bond acceptors (Lipinski definition) is 4. The van der Waals surface area contributed by atoms with E-state index >= 15 is 0 Å². The minimum Gasteiger partial charge on any atom is -0.423 e. The van der Waals surface area contributed by atoms with Crippen molar-refractivity contribution in [2.75, 3.05) is 0 Å². The Morgan fingerprint density at radius 3 is 2.43 bits per heavy atom. The van der Waals surface area contributed by atoms with E-state index in [-0.39, 0.29) is 16.6 Å². The summed E-state index contributed by atoms with van der Waals surface area (Å²) in [6, 6.07) is 6.81. The van der Waals surface area contributed by atoms with Crippen LogP contribution in [0.15, 0.2) is 36.5 Å². The molecule has 0 amide bonds. The molecular formula is C13H11BF3NO3. The van der Waals surface area contributed by atoms with Crippen LogP contribution in [-0.2, 0) is 0 Å². The van der Waals surface area contributed by atoms with Gasteiger partial charge in [0.2, 0.25) is 0 Å². The first-order valence-electron chi connectivity index (χ1n) is 5.96. The van der Waals surface area contributed by atoms with Gasteiger partial charge >= 0.3 is 13.5 Å². The van der Waals surface area contributed by atoms with Gasteiger partial charge in [0.05, 0.1) is 0 Å². The van der Waals surface area contributed by atoms with Crippen LogP contribution >= 0.6 is 0 Å². The lowest BCUT2D eigenvalue weighted by Gasteiger charge is -2.16. The zero-order chi connectivity index (χ0) is 15.6. The second kappa shape index (κ2) is 5.75. The fourth-order valence-corrected chi connectivity index (χ4v) is 2.04. The smallest absolute Gasteiger partial charge is 0.423 e. The average Bonchev–Trinajstić information content (AvgIpc) is 2.37. The molecule has 8 heteroatoms. The molecule has 1 aromatic heterocycles. The van der Waals surface area contributed by atoms with Gasteiger partial charge in [-0.15, -0.1) is 13.2 Å². The number of pyridine rings is 1. The zero-order valence-corrected chi connectivity index (χ0v) is 10.9. The molecule has 0 bridgehead atoms. The molecule has 2 N–H and O–H groups in total. The molecule has 0 unspecified atom stereocenters. The molecule has 21 heavy (non-hydrogen) atoms. The topological polar surface area (TPSA) is 62.6 Å². The summed E-state index contributed by atoms with van der Waals surface area (Å²) in [5.41, 5.74) is 0.704. The molecular weight excluding hydrogens is 286 g/mol. The van der Waals surface area contributed by atoms with Crippen molar-refractivity contribution in [3.05, 3.63) is 42.2 Å². The van der Waals surface area contributed by atoms with E-state index in [4.69, 9.17) is 0 Å². The molecule has 1 heterocycles. The first kappa shape index (κ1) is 15.3. The number of alkyl halides is 3. The van der Waals surface area contributed by atoms with Crippen LogP contribution in [0.2, 0.25) is 0 Å². The average molecular weight is 297 g/mol. The van der Waals surface area contributed by atoms with Crippen LogP contribution in [0.5, 0.6) is 5.75 Å². The first-order chi connectivity index (χ1) is 9.79. The van der Waals surface area contributed by atoms with Crippen molar-refractivity contribution in [2.24, 2.45) is 0 Å². The summed E-state index contributed by atoms with van der Waals surface area (Å²) in [6.45, 7) is 1.56. The highest BCUT2D eigenvalue weighted by Gasteiger charge is 2.33. The summed E-state index contributed by atoms with van der Waals surface area (Å²) in [7, 11) is -1.83. The van der Waals surface area contributed by atoms with E-state index < -0.39 is 19.2 Å². The number of aromatic nitrogens is 1. The molecule has 2 rings (SSSR count). The molecule has 0 fully saturated rings. The van der Waals surface area contributed by atoms with E-state index in [1.165, 1.54) is 30.5 Å². The van der Waals surface area contributed by atoms with Crippen molar-refractivity contribution in [2.45, 2.75) is 13.3 Å². The highest BCUT2D eigenvalue weighted by Crippen LogP contribution is 2.33. The molecule has 0 radical (unpaired) electrons. The van der Waals surface area contributed by atoms with Gasteiger partial charge in [-0.1, -0.05) is 18.2 Å². The van der Waals surface area contributed by atoms with Crippen LogP contribution in [-0.4, -0.2) is 28.5 Å². The van der Waals surface area contributed by atoms with Crippen LogP contribution in [0.25, 0.3) is 11.1 Å². The number of benzene rings is 1. The third kappa shape index (κ3) is 3.53. The Hall–Kier alpha value is -2.06. The largest absolute Gasteiger partial charge is 0.573 e. The Morgan fingerprint density at radius 1 is 1.14 bits per heavy atom. The fraction of sp³-hybridized carbons (Fsp3) is 0.154. The lowest BCUT2D eigenvalue weighted by Crippen LogP contribution is -2.32. The van der Waals surface area contributed by atoms with Crippen molar-refractivity contribution >= 4 is 12.6 Å². The van der Waals surface area contributed by atoms with Crippen molar-refractivity contribution in [3.8, 4) is 16.9 Å². The van der Waals surface area contributed by atoms with Gasteiger partial charge in [-0.05, 0) is 24.5 Å². The van der Waals surface area contributed by atoms with Crippen LogP contribution < -0.4 is 10.2 Å². The zero-order valence-electron chi connectivity index (χ0n) is 10.9. The number of aryl methyl sites for hydroxylation is 1. The molecule has 0 saturated heterocycles. The van der Waals surface area contributed by atoms with E-state index in [9.17, 15) is 23.2 Å². The molecule has 1 aromatic carbocycles. The molecule has 0 atom stereocenters. The predicted molar refractivity (Wildman–Crippen MR) is 70.9 cm³/mol. The third-order valence-corrected chi connectivity index (χ3v) is 2.83. The minimum absolute atomic E-state index is 0.0562. The maximum absolute atomic E-state index is 12.5. The van der Waals surface area contributed by atoms with E-state index in [0.29, 0.717) is 5.69 Å². The quantitative estimate of drug-likeness (QED) is 0.845. The van der Waals surface area contributed by atoms with E-state index in [0.717, 1.165) is 6.07 Å². The molecule has 2 aromatic rings. The summed E-state index contributed by atoms with van der Waals surface area (Å²) in [5, 5.41) is 18.8. The summed E-state index contributed by atoms with van der Waals surface area (Å²) in [6.07, 6.45) is -3.49. The molecule has 0 aliphatic carbocycles. The first-order valence-corrected chi connectivity index (χ1v) is 5.96. The molecule has 0 spiro atoms. The van der Waals surface area contributed by atoms with Gasteiger partial charge in [0.15, 0.2) is 0 Å². The lowest BCUT2D eigenvalue weighted by molar-refractivity contribution is -0.274. The number of ether oxygens (including phenoxy) is 1. The molecule has 0 aliphatic heterocycles. The Labute approximate surface area is 119 Å². The fourth-order valence-electron chi connectivity index (χ4n) is 2.04. The van der Waals surface area contributed by atoms with Crippen LogP contribution in [0.1, 0.15) is 5.69 Å². The van der Waals surface area contributed by atoms with Crippen LogP contribution in [0.4, 0.5) is 13.2 Å². The highest BCUT2D eigenvalue weighted by atomic mass is 19.4. The van der Waals surface area contributed by atoms with Crippen LogP contribution in [0, 0.1) is 6.92 Å². The summed E-state index contributed by atoms with van der Waals surface area (Å²) < 4.78 is 41.4. The van der Waals surface area contributed by atoms with Crippen molar-refractivity contribution < 1.29 is 28.0 Å². The third-order valence-electron chi connectivity index (χ3n) is 2.83. The number of hydrogen-bond donors (Lipinski definition) is 2. The predicted octanol–water partition coefficient (Wildman–Crippen LogP) is 1.64. The normalized spacial score (nSPS) is 11.3. The molecule has 0 saturated carbocycles. The van der Waals surface area contributed by atoms with Gasteiger partial charge in [-0.2, -0.15) is 0 Å². The number of rotatable bonds is 3. The Bertz CT molecular complexity index is 647. The SMILES string of the molecule is Cc1nccc(B(O)O)c1-c1ccccc1OC(F)(F)F. The minimum atomic E-state index is -4.84. The molecule has 0 aliphatic rings. The highest BCUT2D eigenvalue weighted by molar-refractivity contribution is 6.60. The second-order valence-corrected chi connectivity index (χ2v) is 4.28.